The minimum atomic E-state index is -0.101. The highest BCUT2D eigenvalue weighted by molar-refractivity contribution is 5.91. The average Bonchev–Trinajstić information content (AvgIpc) is 2.45. The molecule has 1 amide bonds. The van der Waals surface area contributed by atoms with E-state index in [0.29, 0.717) is 6.54 Å². The molecule has 3 heteroatoms. The summed E-state index contributed by atoms with van der Waals surface area (Å²) >= 11 is 0. The zero-order chi connectivity index (χ0) is 12.6. The van der Waals surface area contributed by atoms with Gasteiger partial charge in [0.05, 0.1) is 0 Å². The van der Waals surface area contributed by atoms with Gasteiger partial charge in [0.25, 0.3) is 0 Å². The molecule has 2 rings (SSSR count). The summed E-state index contributed by atoms with van der Waals surface area (Å²) in [6.07, 6.45) is 6.75. The second-order valence-electron chi connectivity index (χ2n) is 3.82. The summed E-state index contributed by atoms with van der Waals surface area (Å²) in [5.41, 5.74) is 2.04. The molecular weight excluding hydrogens is 224 g/mol. The predicted octanol–water partition coefficient (Wildman–Crippen LogP) is 2.41. The van der Waals surface area contributed by atoms with Gasteiger partial charge in [-0.15, -0.1) is 0 Å². The van der Waals surface area contributed by atoms with Crippen LogP contribution in [-0.2, 0) is 11.3 Å². The lowest BCUT2D eigenvalue weighted by Gasteiger charge is -2.01. The summed E-state index contributed by atoms with van der Waals surface area (Å²) in [5.74, 6) is -0.101. The first-order chi connectivity index (χ1) is 8.84. The van der Waals surface area contributed by atoms with Crippen LogP contribution in [0, 0.1) is 0 Å². The second-order valence-corrected chi connectivity index (χ2v) is 3.82. The first-order valence-corrected chi connectivity index (χ1v) is 5.74. The van der Waals surface area contributed by atoms with Gasteiger partial charge >= 0.3 is 0 Å². The van der Waals surface area contributed by atoms with E-state index >= 15 is 0 Å². The molecule has 90 valence electrons. The number of hydrogen-bond acceptors (Lipinski definition) is 2. The number of carbonyl (C=O) groups is 1. The third-order valence-electron chi connectivity index (χ3n) is 2.44. The Morgan fingerprint density at radius 3 is 2.56 bits per heavy atom. The molecule has 0 atom stereocenters. The molecule has 1 heterocycles. The highest BCUT2D eigenvalue weighted by Crippen LogP contribution is 2.00. The second kappa shape index (κ2) is 6.35. The molecule has 0 spiro atoms. The van der Waals surface area contributed by atoms with E-state index in [-0.39, 0.29) is 5.91 Å². The SMILES string of the molecule is O=C(/C=C/c1ccccc1)NCc1ccncc1. The molecule has 0 unspecified atom stereocenters. The standard InChI is InChI=1S/C15H14N2O/c18-15(7-6-13-4-2-1-3-5-13)17-12-14-8-10-16-11-9-14/h1-11H,12H2,(H,17,18)/b7-6+. The fraction of sp³-hybridized carbons (Fsp3) is 0.0667. The Bertz CT molecular complexity index is 521. The molecule has 0 aliphatic heterocycles. The molecule has 0 radical (unpaired) electrons. The van der Waals surface area contributed by atoms with Crippen molar-refractivity contribution in [3.8, 4) is 0 Å². The summed E-state index contributed by atoms with van der Waals surface area (Å²) < 4.78 is 0. The van der Waals surface area contributed by atoms with Crippen molar-refractivity contribution in [2.24, 2.45) is 0 Å². The highest BCUT2D eigenvalue weighted by atomic mass is 16.1. The van der Waals surface area contributed by atoms with Gasteiger partial charge in [0.15, 0.2) is 0 Å². The number of aromatic nitrogens is 1. The van der Waals surface area contributed by atoms with Crippen LogP contribution in [-0.4, -0.2) is 10.9 Å². The number of nitrogens with zero attached hydrogens (tertiary/aromatic N) is 1. The average molecular weight is 238 g/mol. The van der Waals surface area contributed by atoms with Crippen molar-refractivity contribution < 1.29 is 4.79 Å². The summed E-state index contributed by atoms with van der Waals surface area (Å²) in [6, 6.07) is 13.5. The zero-order valence-electron chi connectivity index (χ0n) is 9.91. The first kappa shape index (κ1) is 12.0. The minimum absolute atomic E-state index is 0.101. The summed E-state index contributed by atoms with van der Waals surface area (Å²) in [5, 5.41) is 2.82. The molecule has 18 heavy (non-hydrogen) atoms. The van der Waals surface area contributed by atoms with Crippen molar-refractivity contribution >= 4 is 12.0 Å². The molecular formula is C15H14N2O. The normalized spacial score (nSPS) is 10.4. The van der Waals surface area contributed by atoms with Crippen LogP contribution in [0.4, 0.5) is 0 Å². The maximum atomic E-state index is 11.6. The zero-order valence-corrected chi connectivity index (χ0v) is 9.91. The molecule has 1 aromatic heterocycles. The summed E-state index contributed by atoms with van der Waals surface area (Å²) in [6.45, 7) is 0.514. The van der Waals surface area contributed by atoms with Crippen LogP contribution in [0.15, 0.2) is 60.9 Å². The Kier molecular flexibility index (Phi) is 4.25. The third kappa shape index (κ3) is 3.87. The van der Waals surface area contributed by atoms with Crippen LogP contribution in [0.2, 0.25) is 0 Å². The first-order valence-electron chi connectivity index (χ1n) is 5.74. The maximum Gasteiger partial charge on any atom is 0.244 e. The quantitative estimate of drug-likeness (QED) is 0.831. The molecule has 2 aromatic rings. The molecule has 0 aliphatic rings. The van der Waals surface area contributed by atoms with Crippen molar-refractivity contribution in [3.05, 3.63) is 72.1 Å². The van der Waals surface area contributed by atoms with E-state index in [1.165, 1.54) is 6.08 Å². The molecule has 0 fully saturated rings. The maximum absolute atomic E-state index is 11.6. The van der Waals surface area contributed by atoms with Crippen LogP contribution in [0.3, 0.4) is 0 Å². The third-order valence-corrected chi connectivity index (χ3v) is 2.44. The topological polar surface area (TPSA) is 42.0 Å². The van der Waals surface area contributed by atoms with Gasteiger partial charge < -0.3 is 5.32 Å². The monoisotopic (exact) mass is 238 g/mol. The van der Waals surface area contributed by atoms with Gasteiger partial charge in [0.2, 0.25) is 5.91 Å². The Morgan fingerprint density at radius 2 is 1.83 bits per heavy atom. The van der Waals surface area contributed by atoms with Crippen molar-refractivity contribution in [1.82, 2.24) is 10.3 Å². The van der Waals surface area contributed by atoms with Crippen LogP contribution in [0.1, 0.15) is 11.1 Å². The molecule has 0 saturated carbocycles. The van der Waals surface area contributed by atoms with Crippen LogP contribution >= 0.6 is 0 Å². The largest absolute Gasteiger partial charge is 0.348 e. The van der Waals surface area contributed by atoms with E-state index in [1.807, 2.05) is 42.5 Å². The van der Waals surface area contributed by atoms with Crippen molar-refractivity contribution in [2.75, 3.05) is 0 Å². The van der Waals surface area contributed by atoms with E-state index in [0.717, 1.165) is 11.1 Å². The molecule has 1 aromatic carbocycles. The fourth-order valence-electron chi connectivity index (χ4n) is 1.48. The van der Waals surface area contributed by atoms with E-state index < -0.39 is 0 Å². The molecule has 0 saturated heterocycles. The number of amides is 1. The lowest BCUT2D eigenvalue weighted by Crippen LogP contribution is -2.20. The molecule has 0 aliphatic carbocycles. The van der Waals surface area contributed by atoms with Crippen LogP contribution in [0.25, 0.3) is 6.08 Å². The Hall–Kier alpha value is -2.42. The van der Waals surface area contributed by atoms with Gasteiger partial charge in [-0.2, -0.15) is 0 Å². The lowest BCUT2D eigenvalue weighted by atomic mass is 10.2. The lowest BCUT2D eigenvalue weighted by molar-refractivity contribution is -0.116. The number of benzene rings is 1. The van der Waals surface area contributed by atoms with Gasteiger partial charge in [-0.05, 0) is 29.3 Å². The molecule has 3 nitrogen and oxygen atoms in total. The smallest absolute Gasteiger partial charge is 0.244 e. The van der Waals surface area contributed by atoms with Gasteiger partial charge in [-0.3, -0.25) is 9.78 Å². The number of hydrogen-bond donors (Lipinski definition) is 1. The van der Waals surface area contributed by atoms with Crippen molar-refractivity contribution in [3.63, 3.8) is 0 Å². The van der Waals surface area contributed by atoms with Gasteiger partial charge in [-0.25, -0.2) is 0 Å². The summed E-state index contributed by atoms with van der Waals surface area (Å²) in [7, 11) is 0. The Labute approximate surface area is 106 Å². The van der Waals surface area contributed by atoms with Crippen molar-refractivity contribution in [2.45, 2.75) is 6.54 Å². The highest BCUT2D eigenvalue weighted by Gasteiger charge is 1.95. The number of rotatable bonds is 4. The summed E-state index contributed by atoms with van der Waals surface area (Å²) in [4.78, 5) is 15.5. The van der Waals surface area contributed by atoms with Gasteiger partial charge in [0.1, 0.15) is 0 Å². The fourth-order valence-corrected chi connectivity index (χ4v) is 1.48. The molecule has 1 N–H and O–H groups in total. The van der Waals surface area contributed by atoms with Crippen molar-refractivity contribution in [1.29, 1.82) is 0 Å². The van der Waals surface area contributed by atoms with Gasteiger partial charge in [0, 0.05) is 25.0 Å². The Balaban J connectivity index is 1.84. The predicted molar refractivity (Wildman–Crippen MR) is 71.6 cm³/mol. The van der Waals surface area contributed by atoms with E-state index in [9.17, 15) is 4.79 Å². The number of pyridine rings is 1. The number of nitrogens with one attached hydrogen (secondary N) is 1. The minimum Gasteiger partial charge on any atom is -0.348 e. The number of carbonyl (C=O) groups excluding carboxylic acids is 1. The molecule has 0 bridgehead atoms. The van der Waals surface area contributed by atoms with E-state index in [4.69, 9.17) is 0 Å². The van der Waals surface area contributed by atoms with E-state index in [1.54, 1.807) is 18.5 Å². The van der Waals surface area contributed by atoms with Crippen LogP contribution < -0.4 is 5.32 Å². The van der Waals surface area contributed by atoms with E-state index in [2.05, 4.69) is 10.3 Å². The van der Waals surface area contributed by atoms with Crippen LogP contribution in [0.5, 0.6) is 0 Å². The Morgan fingerprint density at radius 1 is 1.11 bits per heavy atom. The van der Waals surface area contributed by atoms with Gasteiger partial charge in [-0.1, -0.05) is 30.3 Å².